The largest absolute Gasteiger partial charge is 0.486 e. The molecule has 1 fully saturated rings. The fourth-order valence-corrected chi connectivity index (χ4v) is 4.26. The molecule has 1 aliphatic carbocycles. The van der Waals surface area contributed by atoms with Crippen LogP contribution in [0.5, 0.6) is 11.5 Å². The van der Waals surface area contributed by atoms with Gasteiger partial charge in [-0.25, -0.2) is 0 Å². The summed E-state index contributed by atoms with van der Waals surface area (Å²) < 4.78 is 11.7. The van der Waals surface area contributed by atoms with E-state index in [0.29, 0.717) is 44.0 Å². The average Bonchev–Trinajstić information content (AvgIpc) is 3.00. The Kier molecular flexibility index (Phi) is 5.56. The van der Waals surface area contributed by atoms with Crippen LogP contribution >= 0.6 is 0 Å². The van der Waals surface area contributed by atoms with E-state index in [1.54, 1.807) is 4.90 Å². The molecule has 1 saturated heterocycles. The van der Waals surface area contributed by atoms with Crippen molar-refractivity contribution in [1.82, 2.24) is 9.80 Å². The fraction of sp³-hybridized carbons (Fsp3) is 0.500. The van der Waals surface area contributed by atoms with Crippen molar-refractivity contribution in [2.75, 3.05) is 26.2 Å². The van der Waals surface area contributed by atoms with Crippen molar-refractivity contribution in [3.8, 4) is 11.5 Å². The van der Waals surface area contributed by atoms with E-state index in [0.717, 1.165) is 0 Å². The standard InChI is InChI=1S/C22H26N2O5/c1-2-23(13-15-14-28-18-9-5-6-10-19(18)29-15)20(25)11-12-24-21(26)16-7-3-4-8-17(16)22(24)27/h3-6,9-10,15-17H,2,7-8,11-14H2,1H3/t15-,16-,17-/m0/s1. The molecule has 0 saturated carbocycles. The van der Waals surface area contributed by atoms with Gasteiger partial charge in [0, 0.05) is 19.5 Å². The maximum Gasteiger partial charge on any atom is 0.233 e. The molecule has 3 atom stereocenters. The van der Waals surface area contributed by atoms with Gasteiger partial charge < -0.3 is 14.4 Å². The van der Waals surface area contributed by atoms with Crippen molar-refractivity contribution in [2.24, 2.45) is 11.8 Å². The summed E-state index contributed by atoms with van der Waals surface area (Å²) >= 11 is 0. The Morgan fingerprint density at radius 1 is 1.10 bits per heavy atom. The third-order valence-electron chi connectivity index (χ3n) is 5.87. The molecule has 2 aliphatic heterocycles. The lowest BCUT2D eigenvalue weighted by atomic mass is 9.85. The Morgan fingerprint density at radius 2 is 1.76 bits per heavy atom. The summed E-state index contributed by atoms with van der Waals surface area (Å²) in [5.41, 5.74) is 0. The van der Waals surface area contributed by atoms with Crippen molar-refractivity contribution in [3.63, 3.8) is 0 Å². The first-order chi connectivity index (χ1) is 14.1. The van der Waals surface area contributed by atoms with Crippen LogP contribution in [0.4, 0.5) is 0 Å². The SMILES string of the molecule is CCN(C[C@H]1COc2ccccc2O1)C(=O)CCN1C(=O)[C@H]2CC=CC[C@@H]2C1=O. The molecule has 7 heteroatoms. The van der Waals surface area contributed by atoms with E-state index in [2.05, 4.69) is 0 Å². The number of amides is 3. The maximum absolute atomic E-state index is 12.7. The summed E-state index contributed by atoms with van der Waals surface area (Å²) in [4.78, 5) is 40.8. The summed E-state index contributed by atoms with van der Waals surface area (Å²) in [6, 6.07) is 7.46. The Labute approximate surface area is 170 Å². The van der Waals surface area contributed by atoms with E-state index in [9.17, 15) is 14.4 Å². The number of imide groups is 1. The second-order valence-electron chi connectivity index (χ2n) is 7.66. The number of hydrogen-bond acceptors (Lipinski definition) is 5. The van der Waals surface area contributed by atoms with Crippen molar-refractivity contribution in [1.29, 1.82) is 0 Å². The molecule has 4 rings (SSSR count). The molecule has 7 nitrogen and oxygen atoms in total. The number of fused-ring (bicyclic) bond motifs is 2. The number of benzene rings is 1. The predicted octanol–water partition coefficient (Wildman–Crippen LogP) is 2.02. The number of ether oxygens (including phenoxy) is 2. The van der Waals surface area contributed by atoms with E-state index < -0.39 is 0 Å². The quantitative estimate of drug-likeness (QED) is 0.541. The van der Waals surface area contributed by atoms with Crippen LogP contribution in [0.25, 0.3) is 0 Å². The van der Waals surface area contributed by atoms with Gasteiger partial charge in [0.05, 0.1) is 18.4 Å². The zero-order valence-electron chi connectivity index (χ0n) is 16.6. The zero-order chi connectivity index (χ0) is 20.4. The Morgan fingerprint density at radius 3 is 2.41 bits per heavy atom. The minimum Gasteiger partial charge on any atom is -0.486 e. The van der Waals surface area contributed by atoms with Crippen LogP contribution in [0.1, 0.15) is 26.2 Å². The lowest BCUT2D eigenvalue weighted by Crippen LogP contribution is -2.44. The van der Waals surface area contributed by atoms with Gasteiger partial charge in [0.2, 0.25) is 17.7 Å². The number of allylic oxidation sites excluding steroid dienone is 2. The van der Waals surface area contributed by atoms with Crippen molar-refractivity contribution >= 4 is 17.7 Å². The van der Waals surface area contributed by atoms with E-state index in [4.69, 9.17) is 9.47 Å². The van der Waals surface area contributed by atoms with Crippen molar-refractivity contribution < 1.29 is 23.9 Å². The minimum atomic E-state index is -0.252. The monoisotopic (exact) mass is 398 g/mol. The van der Waals surface area contributed by atoms with Crippen molar-refractivity contribution in [3.05, 3.63) is 36.4 Å². The highest BCUT2D eigenvalue weighted by molar-refractivity contribution is 6.05. The van der Waals surface area contributed by atoms with Gasteiger partial charge in [-0.1, -0.05) is 24.3 Å². The molecule has 1 aromatic carbocycles. The van der Waals surface area contributed by atoms with Gasteiger partial charge in [-0.05, 0) is 31.9 Å². The van der Waals surface area contributed by atoms with Gasteiger partial charge in [-0.15, -0.1) is 0 Å². The number of likely N-dealkylation sites (N-methyl/N-ethyl adjacent to an activating group) is 1. The van der Waals surface area contributed by atoms with Gasteiger partial charge in [0.15, 0.2) is 17.6 Å². The smallest absolute Gasteiger partial charge is 0.233 e. The van der Waals surface area contributed by atoms with Crippen LogP contribution in [0.3, 0.4) is 0 Å². The molecular weight excluding hydrogens is 372 g/mol. The maximum atomic E-state index is 12.7. The van der Waals surface area contributed by atoms with Gasteiger partial charge >= 0.3 is 0 Å². The molecule has 3 aliphatic rings. The van der Waals surface area contributed by atoms with E-state index in [1.165, 1.54) is 4.90 Å². The van der Waals surface area contributed by atoms with Crippen LogP contribution in [-0.2, 0) is 14.4 Å². The highest BCUT2D eigenvalue weighted by Gasteiger charge is 2.47. The topological polar surface area (TPSA) is 76.2 Å². The summed E-state index contributed by atoms with van der Waals surface area (Å²) in [7, 11) is 0. The van der Waals surface area contributed by atoms with E-state index in [-0.39, 0.29) is 48.6 Å². The molecule has 0 bridgehead atoms. The third kappa shape index (κ3) is 3.86. The van der Waals surface area contributed by atoms with Crippen LogP contribution in [-0.4, -0.2) is 59.9 Å². The number of para-hydroxylation sites is 2. The van der Waals surface area contributed by atoms with Gasteiger partial charge in [-0.3, -0.25) is 19.3 Å². The van der Waals surface area contributed by atoms with Crippen LogP contribution in [0, 0.1) is 11.8 Å². The minimum absolute atomic E-state index is 0.0939. The van der Waals surface area contributed by atoms with Crippen molar-refractivity contribution in [2.45, 2.75) is 32.3 Å². The molecule has 2 heterocycles. The summed E-state index contributed by atoms with van der Waals surface area (Å²) in [6.07, 6.45) is 5.03. The molecule has 0 spiro atoms. The van der Waals surface area contributed by atoms with Gasteiger partial charge in [0.1, 0.15) is 6.61 Å². The summed E-state index contributed by atoms with van der Waals surface area (Å²) in [5.74, 6) is 0.512. The predicted molar refractivity (Wildman–Crippen MR) is 105 cm³/mol. The molecule has 29 heavy (non-hydrogen) atoms. The average molecular weight is 398 g/mol. The second kappa shape index (κ2) is 8.27. The number of rotatable bonds is 6. The summed E-state index contributed by atoms with van der Waals surface area (Å²) in [6.45, 7) is 3.35. The molecule has 0 aromatic heterocycles. The molecular formula is C22H26N2O5. The van der Waals surface area contributed by atoms with Gasteiger partial charge in [0.25, 0.3) is 0 Å². The molecule has 0 N–H and O–H groups in total. The third-order valence-corrected chi connectivity index (χ3v) is 5.87. The Hall–Kier alpha value is -2.83. The molecule has 3 amide bonds. The number of hydrogen-bond donors (Lipinski definition) is 0. The highest BCUT2D eigenvalue weighted by Crippen LogP contribution is 2.35. The first kappa shape index (κ1) is 19.5. The van der Waals surface area contributed by atoms with Crippen LogP contribution in [0.2, 0.25) is 0 Å². The summed E-state index contributed by atoms with van der Waals surface area (Å²) in [5, 5.41) is 0. The first-order valence-electron chi connectivity index (χ1n) is 10.2. The Balaban J connectivity index is 1.32. The zero-order valence-corrected chi connectivity index (χ0v) is 16.6. The van der Waals surface area contributed by atoms with Crippen LogP contribution in [0.15, 0.2) is 36.4 Å². The molecule has 0 unspecified atom stereocenters. The lowest BCUT2D eigenvalue weighted by Gasteiger charge is -2.31. The highest BCUT2D eigenvalue weighted by atomic mass is 16.6. The number of carbonyl (C=O) groups excluding carboxylic acids is 3. The molecule has 0 radical (unpaired) electrons. The van der Waals surface area contributed by atoms with Gasteiger partial charge in [-0.2, -0.15) is 0 Å². The van der Waals surface area contributed by atoms with E-state index >= 15 is 0 Å². The number of carbonyl (C=O) groups is 3. The number of nitrogens with zero attached hydrogens (tertiary/aromatic N) is 2. The number of likely N-dealkylation sites (tertiary alicyclic amines) is 1. The normalized spacial score (nSPS) is 25.1. The lowest BCUT2D eigenvalue weighted by molar-refractivity contribution is -0.141. The second-order valence-corrected chi connectivity index (χ2v) is 7.66. The molecule has 154 valence electrons. The fourth-order valence-electron chi connectivity index (χ4n) is 4.26. The first-order valence-corrected chi connectivity index (χ1v) is 10.2. The Bertz CT molecular complexity index is 810. The molecule has 1 aromatic rings. The van der Waals surface area contributed by atoms with E-state index in [1.807, 2.05) is 43.3 Å². The van der Waals surface area contributed by atoms with Crippen LogP contribution < -0.4 is 9.47 Å².